The topological polar surface area (TPSA) is 79.4 Å². The average molecular weight is 325 g/mol. The largest absolute Gasteiger partial charge is 0.497 e. The Morgan fingerprint density at radius 3 is 3.12 bits per heavy atom. The summed E-state index contributed by atoms with van der Waals surface area (Å²) in [5.41, 5.74) is 1.57. The molecule has 1 aliphatic rings. The van der Waals surface area contributed by atoms with E-state index < -0.39 is 0 Å². The zero-order chi connectivity index (χ0) is 16.9. The second-order valence-corrected chi connectivity index (χ2v) is 6.03. The number of ketones is 1. The van der Waals surface area contributed by atoms with Gasteiger partial charge in [0.15, 0.2) is 6.19 Å². The van der Waals surface area contributed by atoms with E-state index in [4.69, 9.17) is 14.5 Å². The van der Waals surface area contributed by atoms with Crippen LogP contribution in [0.5, 0.6) is 5.75 Å². The first kappa shape index (κ1) is 16.1. The van der Waals surface area contributed by atoms with Crippen LogP contribution in [0.25, 0.3) is 11.3 Å². The molecule has 0 spiro atoms. The Balaban J connectivity index is 1.59. The van der Waals surface area contributed by atoms with Crippen LogP contribution in [0, 0.1) is 17.4 Å². The highest BCUT2D eigenvalue weighted by molar-refractivity contribution is 5.81. The molecular weight excluding hydrogens is 306 g/mol. The quantitative estimate of drug-likeness (QED) is 0.760. The molecule has 2 heterocycles. The van der Waals surface area contributed by atoms with Gasteiger partial charge in [-0.05, 0) is 24.5 Å². The first-order valence-electron chi connectivity index (χ1n) is 7.94. The number of methoxy groups -OCH3 is 1. The van der Waals surface area contributed by atoms with Gasteiger partial charge >= 0.3 is 0 Å². The number of benzene rings is 1. The van der Waals surface area contributed by atoms with E-state index in [-0.39, 0.29) is 18.1 Å². The summed E-state index contributed by atoms with van der Waals surface area (Å²) < 4.78 is 10.5. The standard InChI is InChI=1S/C18H19N3O3/c1-23-16-4-2-3-14(8-16)18-10-17(24-20-18)9-15(22)7-13-5-6-21(11-13)12-19/h2-4,8,10,13H,5-7,9,11H2,1H3/t13-/m0/s1. The van der Waals surface area contributed by atoms with E-state index in [1.54, 1.807) is 18.1 Å². The molecule has 1 aromatic heterocycles. The Labute approximate surface area is 140 Å². The summed E-state index contributed by atoms with van der Waals surface area (Å²) >= 11 is 0. The van der Waals surface area contributed by atoms with Crippen LogP contribution in [0.4, 0.5) is 0 Å². The second-order valence-electron chi connectivity index (χ2n) is 6.03. The van der Waals surface area contributed by atoms with Crippen molar-refractivity contribution in [2.75, 3.05) is 20.2 Å². The van der Waals surface area contributed by atoms with Crippen LogP contribution in [0.2, 0.25) is 0 Å². The molecule has 0 unspecified atom stereocenters. The molecule has 1 aromatic carbocycles. The van der Waals surface area contributed by atoms with Crippen molar-refractivity contribution in [2.45, 2.75) is 19.3 Å². The van der Waals surface area contributed by atoms with Gasteiger partial charge in [-0.3, -0.25) is 4.79 Å². The summed E-state index contributed by atoms with van der Waals surface area (Å²) in [6.45, 7) is 1.42. The fourth-order valence-corrected chi connectivity index (χ4v) is 2.99. The van der Waals surface area contributed by atoms with Gasteiger partial charge in [0.25, 0.3) is 0 Å². The maximum absolute atomic E-state index is 12.2. The number of hydrogen-bond acceptors (Lipinski definition) is 6. The number of rotatable bonds is 6. The van der Waals surface area contributed by atoms with Gasteiger partial charge in [0.2, 0.25) is 0 Å². The van der Waals surface area contributed by atoms with E-state index in [0.29, 0.717) is 24.4 Å². The average Bonchev–Trinajstić information content (AvgIpc) is 3.24. The van der Waals surface area contributed by atoms with Crippen molar-refractivity contribution in [1.82, 2.24) is 10.1 Å². The number of hydrogen-bond donors (Lipinski definition) is 0. The summed E-state index contributed by atoms with van der Waals surface area (Å²) in [6.07, 6.45) is 3.74. The number of likely N-dealkylation sites (tertiary alicyclic amines) is 1. The smallest absolute Gasteiger partial charge is 0.179 e. The number of Topliss-reactive ketones (excluding diaryl/α,β-unsaturated/α-hetero) is 1. The molecular formula is C18H19N3O3. The molecule has 0 bridgehead atoms. The molecule has 6 nitrogen and oxygen atoms in total. The predicted octanol–water partition coefficient (Wildman–Crippen LogP) is 2.65. The molecule has 0 amide bonds. The maximum atomic E-state index is 12.2. The van der Waals surface area contributed by atoms with Crippen LogP contribution in [0.3, 0.4) is 0 Å². The SMILES string of the molecule is COc1cccc(-c2cc(CC(=O)C[C@@H]3CCN(C#N)C3)on2)c1. The van der Waals surface area contributed by atoms with Gasteiger partial charge in [-0.1, -0.05) is 17.3 Å². The van der Waals surface area contributed by atoms with E-state index in [2.05, 4.69) is 11.3 Å². The zero-order valence-corrected chi connectivity index (χ0v) is 13.6. The summed E-state index contributed by atoms with van der Waals surface area (Å²) in [7, 11) is 1.61. The maximum Gasteiger partial charge on any atom is 0.179 e. The number of carbonyl (C=O) groups is 1. The molecule has 2 aromatic rings. The van der Waals surface area contributed by atoms with Gasteiger partial charge in [0.05, 0.1) is 13.5 Å². The van der Waals surface area contributed by atoms with E-state index >= 15 is 0 Å². The van der Waals surface area contributed by atoms with Gasteiger partial charge in [-0.2, -0.15) is 5.26 Å². The van der Waals surface area contributed by atoms with E-state index in [0.717, 1.165) is 24.3 Å². The second kappa shape index (κ2) is 7.18. The predicted molar refractivity (Wildman–Crippen MR) is 87.1 cm³/mol. The normalized spacial score (nSPS) is 16.8. The summed E-state index contributed by atoms with van der Waals surface area (Å²) in [4.78, 5) is 13.9. The Morgan fingerprint density at radius 2 is 2.38 bits per heavy atom. The van der Waals surface area contributed by atoms with Gasteiger partial charge in [-0.25, -0.2) is 0 Å². The minimum Gasteiger partial charge on any atom is -0.497 e. The fraction of sp³-hybridized carbons (Fsp3) is 0.389. The number of nitrogens with zero attached hydrogens (tertiary/aromatic N) is 3. The molecule has 0 saturated carbocycles. The molecule has 0 aliphatic carbocycles. The molecule has 0 N–H and O–H groups in total. The minimum absolute atomic E-state index is 0.119. The van der Waals surface area contributed by atoms with Crippen molar-refractivity contribution < 1.29 is 14.1 Å². The first-order valence-corrected chi connectivity index (χ1v) is 7.94. The number of nitriles is 1. The third-order valence-corrected chi connectivity index (χ3v) is 4.24. The van der Waals surface area contributed by atoms with E-state index in [1.807, 2.05) is 24.3 Å². The van der Waals surface area contributed by atoms with E-state index in [9.17, 15) is 4.79 Å². The third kappa shape index (κ3) is 3.74. The van der Waals surface area contributed by atoms with Crippen molar-refractivity contribution in [3.63, 3.8) is 0 Å². The molecule has 0 radical (unpaired) electrons. The molecule has 124 valence electrons. The van der Waals surface area contributed by atoms with Crippen LogP contribution < -0.4 is 4.74 Å². The summed E-state index contributed by atoms with van der Waals surface area (Å²) in [5.74, 6) is 1.69. The van der Waals surface area contributed by atoms with E-state index in [1.165, 1.54) is 0 Å². The monoisotopic (exact) mass is 325 g/mol. The zero-order valence-electron chi connectivity index (χ0n) is 13.6. The number of aromatic nitrogens is 1. The Hall–Kier alpha value is -2.81. The lowest BCUT2D eigenvalue weighted by Crippen LogP contribution is -2.16. The molecule has 3 rings (SSSR count). The Kier molecular flexibility index (Phi) is 4.80. The van der Waals surface area contributed by atoms with Crippen LogP contribution in [-0.2, 0) is 11.2 Å². The molecule has 1 atom stereocenters. The molecule has 24 heavy (non-hydrogen) atoms. The highest BCUT2D eigenvalue weighted by Gasteiger charge is 2.24. The van der Waals surface area contributed by atoms with Gasteiger partial charge in [-0.15, -0.1) is 0 Å². The van der Waals surface area contributed by atoms with Crippen molar-refractivity contribution >= 4 is 5.78 Å². The van der Waals surface area contributed by atoms with Crippen LogP contribution in [0.1, 0.15) is 18.6 Å². The number of carbonyl (C=O) groups excluding carboxylic acids is 1. The van der Waals surface area contributed by atoms with Gasteiger partial charge < -0.3 is 14.2 Å². The third-order valence-electron chi connectivity index (χ3n) is 4.24. The van der Waals surface area contributed by atoms with Crippen LogP contribution in [0.15, 0.2) is 34.9 Å². The fourth-order valence-electron chi connectivity index (χ4n) is 2.99. The van der Waals surface area contributed by atoms with Crippen molar-refractivity contribution in [3.8, 4) is 23.2 Å². The Morgan fingerprint density at radius 1 is 1.50 bits per heavy atom. The van der Waals surface area contributed by atoms with Crippen molar-refractivity contribution in [3.05, 3.63) is 36.1 Å². The minimum atomic E-state index is 0.119. The lowest BCUT2D eigenvalue weighted by molar-refractivity contribution is -0.119. The molecule has 6 heteroatoms. The molecule has 1 saturated heterocycles. The lowest BCUT2D eigenvalue weighted by Gasteiger charge is -2.07. The van der Waals surface area contributed by atoms with Gasteiger partial charge in [0.1, 0.15) is 23.0 Å². The summed E-state index contributed by atoms with van der Waals surface area (Å²) in [6, 6.07) is 9.33. The van der Waals surface area contributed by atoms with Crippen LogP contribution >= 0.6 is 0 Å². The molecule has 1 aliphatic heterocycles. The van der Waals surface area contributed by atoms with Crippen molar-refractivity contribution in [2.24, 2.45) is 5.92 Å². The molecule has 1 fully saturated rings. The number of ether oxygens (including phenoxy) is 1. The first-order chi connectivity index (χ1) is 11.7. The summed E-state index contributed by atoms with van der Waals surface area (Å²) in [5, 5.41) is 12.9. The highest BCUT2D eigenvalue weighted by atomic mass is 16.5. The lowest BCUT2D eigenvalue weighted by atomic mass is 9.99. The van der Waals surface area contributed by atoms with Gasteiger partial charge in [0, 0.05) is 31.1 Å². The highest BCUT2D eigenvalue weighted by Crippen LogP contribution is 2.24. The van der Waals surface area contributed by atoms with Crippen molar-refractivity contribution in [1.29, 1.82) is 5.26 Å². The Bertz CT molecular complexity index is 763. The van der Waals surface area contributed by atoms with Crippen LogP contribution in [-0.4, -0.2) is 36.0 Å².